The van der Waals surface area contributed by atoms with Gasteiger partial charge in [-0.25, -0.2) is 9.59 Å². The first-order valence-electron chi connectivity index (χ1n) is 12.0. The summed E-state index contributed by atoms with van der Waals surface area (Å²) in [4.78, 5) is 47.4. The zero-order chi connectivity index (χ0) is 29.6. The zero-order valence-corrected chi connectivity index (χ0v) is 21.5. The number of nitro benzene ring substituents is 2. The number of hydrogen-bond donors (Lipinski definition) is 2. The van der Waals surface area contributed by atoms with Gasteiger partial charge < -0.3 is 19.7 Å². The Morgan fingerprint density at radius 2 is 1.05 bits per heavy atom. The maximum absolute atomic E-state index is 12.6. The fourth-order valence-electron chi connectivity index (χ4n) is 5.41. The predicted octanol–water partition coefficient (Wildman–Crippen LogP) is 4.85. The summed E-state index contributed by atoms with van der Waals surface area (Å²) in [6, 6.07) is 16.7. The Labute approximate surface area is 231 Å². The molecule has 1 aliphatic rings. The monoisotopic (exact) mass is 556 g/mol. The van der Waals surface area contributed by atoms with Gasteiger partial charge in [-0.2, -0.15) is 0 Å². The first-order chi connectivity index (χ1) is 19.5. The first kappa shape index (κ1) is 26.8. The number of nitrogens with zero attached hydrogens (tertiary/aromatic N) is 2. The van der Waals surface area contributed by atoms with E-state index in [2.05, 4.69) is 0 Å². The van der Waals surface area contributed by atoms with E-state index in [4.69, 9.17) is 9.47 Å². The lowest BCUT2D eigenvalue weighted by atomic mass is 9.67. The van der Waals surface area contributed by atoms with E-state index >= 15 is 0 Å². The van der Waals surface area contributed by atoms with Gasteiger partial charge in [0.05, 0.1) is 40.6 Å². The number of fused-ring (bicyclic) bond motifs is 3. The lowest BCUT2D eigenvalue weighted by Gasteiger charge is -2.34. The third-order valence-corrected chi connectivity index (χ3v) is 7.19. The average Bonchev–Trinajstić information content (AvgIpc) is 3.26. The van der Waals surface area contributed by atoms with Gasteiger partial charge in [-0.1, -0.05) is 24.3 Å². The third kappa shape index (κ3) is 4.00. The number of esters is 2. The van der Waals surface area contributed by atoms with E-state index in [1.54, 1.807) is 12.1 Å². The molecule has 0 saturated carbocycles. The molecule has 1 aliphatic carbocycles. The van der Waals surface area contributed by atoms with Crippen molar-refractivity contribution in [2.75, 3.05) is 14.2 Å². The average molecular weight is 556 g/mol. The number of methoxy groups -OCH3 is 2. The summed E-state index contributed by atoms with van der Waals surface area (Å²) < 4.78 is 9.81. The van der Waals surface area contributed by atoms with E-state index in [0.29, 0.717) is 22.3 Å². The maximum atomic E-state index is 12.6. The molecule has 2 N–H and O–H groups in total. The van der Waals surface area contributed by atoms with Gasteiger partial charge in [0.1, 0.15) is 0 Å². The van der Waals surface area contributed by atoms with Crippen LogP contribution < -0.4 is 0 Å². The minimum atomic E-state index is -1.62. The highest BCUT2D eigenvalue weighted by Gasteiger charge is 2.48. The molecule has 0 amide bonds. The van der Waals surface area contributed by atoms with Crippen LogP contribution in [0.5, 0.6) is 11.5 Å². The van der Waals surface area contributed by atoms with Crippen LogP contribution in [-0.2, 0) is 14.9 Å². The van der Waals surface area contributed by atoms with Gasteiger partial charge in [-0.15, -0.1) is 0 Å². The SMILES string of the molecule is COC(=O)c1ccc2c(c1)C(c1ccc(O)c([N+](=O)[O-])c1)(c1ccc(O)c([N+](=O)[O-])c1)c1cc(C(=O)OC)ccc1-2. The smallest absolute Gasteiger partial charge is 0.337 e. The van der Waals surface area contributed by atoms with Crippen molar-refractivity contribution in [2.24, 2.45) is 0 Å². The highest BCUT2D eigenvalue weighted by atomic mass is 16.6. The van der Waals surface area contributed by atoms with E-state index in [1.165, 1.54) is 50.6 Å². The number of ether oxygens (including phenoxy) is 2. The number of rotatable bonds is 6. The predicted molar refractivity (Wildman–Crippen MR) is 143 cm³/mol. The molecule has 0 atom stereocenters. The molecule has 12 heteroatoms. The molecule has 0 radical (unpaired) electrons. The summed E-state index contributed by atoms with van der Waals surface area (Å²) in [5.41, 5.74) is -0.374. The van der Waals surface area contributed by atoms with Crippen molar-refractivity contribution in [1.82, 2.24) is 0 Å². The van der Waals surface area contributed by atoms with Crippen molar-refractivity contribution in [1.29, 1.82) is 0 Å². The fraction of sp³-hybridized carbons (Fsp3) is 0.103. The molecular formula is C29H20N2O10. The van der Waals surface area contributed by atoms with E-state index in [-0.39, 0.29) is 22.3 Å². The Hall–Kier alpha value is -5.78. The highest BCUT2D eigenvalue weighted by Crippen LogP contribution is 2.58. The molecule has 0 saturated heterocycles. The van der Waals surface area contributed by atoms with Crippen molar-refractivity contribution in [2.45, 2.75) is 5.41 Å². The third-order valence-electron chi connectivity index (χ3n) is 7.19. The van der Waals surface area contributed by atoms with E-state index in [9.17, 15) is 40.0 Å². The largest absolute Gasteiger partial charge is 0.502 e. The summed E-state index contributed by atoms with van der Waals surface area (Å²) in [5.74, 6) is -2.59. The number of carbonyl (C=O) groups is 2. The first-order valence-corrected chi connectivity index (χ1v) is 12.0. The van der Waals surface area contributed by atoms with Gasteiger partial charge in [0.25, 0.3) is 0 Å². The molecule has 0 spiro atoms. The van der Waals surface area contributed by atoms with Gasteiger partial charge in [0, 0.05) is 12.1 Å². The van der Waals surface area contributed by atoms with Crippen molar-refractivity contribution in [3.63, 3.8) is 0 Å². The molecule has 0 heterocycles. The molecule has 0 aliphatic heterocycles. The molecule has 4 aromatic carbocycles. The van der Waals surface area contributed by atoms with Gasteiger partial charge in [-0.3, -0.25) is 20.2 Å². The summed E-state index contributed by atoms with van der Waals surface area (Å²) in [6.07, 6.45) is 0. The Morgan fingerprint density at radius 1 is 0.659 bits per heavy atom. The molecule has 0 bridgehead atoms. The number of hydrogen-bond acceptors (Lipinski definition) is 10. The van der Waals surface area contributed by atoms with E-state index in [1.807, 2.05) is 0 Å². The van der Waals surface area contributed by atoms with Crippen LogP contribution in [0.3, 0.4) is 0 Å². The standard InChI is InChI=1S/C29H20N2O10/c1-40-27(34)15-3-7-19-20-8-4-16(28(35)41-2)12-22(20)29(21(19)11-15,17-5-9-25(32)23(13-17)30(36)37)18-6-10-26(33)24(14-18)31(38)39/h3-14,32-33H,1-2H3. The van der Waals surface area contributed by atoms with Crippen LogP contribution in [0, 0.1) is 20.2 Å². The lowest BCUT2D eigenvalue weighted by molar-refractivity contribution is -0.386. The van der Waals surface area contributed by atoms with Gasteiger partial charge >= 0.3 is 23.3 Å². The second-order valence-corrected chi connectivity index (χ2v) is 9.18. The molecule has 0 unspecified atom stereocenters. The molecule has 4 aromatic rings. The molecule has 0 fully saturated rings. The van der Waals surface area contributed by atoms with Crippen LogP contribution in [0.4, 0.5) is 11.4 Å². The fourth-order valence-corrected chi connectivity index (χ4v) is 5.41. The van der Waals surface area contributed by atoms with Gasteiger partial charge in [0.2, 0.25) is 0 Å². The van der Waals surface area contributed by atoms with Gasteiger partial charge in [-0.05, 0) is 69.8 Å². The summed E-state index contributed by atoms with van der Waals surface area (Å²) in [5, 5.41) is 44.3. The summed E-state index contributed by atoms with van der Waals surface area (Å²) >= 11 is 0. The molecule has 12 nitrogen and oxygen atoms in total. The number of nitro groups is 2. The Kier molecular flexibility index (Phi) is 6.38. The molecule has 5 rings (SSSR count). The van der Waals surface area contributed by atoms with Crippen LogP contribution in [0.1, 0.15) is 43.0 Å². The number of phenols is 2. The Bertz CT molecular complexity index is 1670. The maximum Gasteiger partial charge on any atom is 0.337 e. The van der Waals surface area contributed by atoms with Crippen LogP contribution in [0.2, 0.25) is 0 Å². The second-order valence-electron chi connectivity index (χ2n) is 9.18. The minimum absolute atomic E-state index is 0.123. The van der Waals surface area contributed by atoms with Crippen LogP contribution in [0.25, 0.3) is 11.1 Å². The number of phenolic OH excluding ortho intramolecular Hbond substituents is 2. The van der Waals surface area contributed by atoms with Crippen molar-refractivity contribution in [3.8, 4) is 22.6 Å². The number of carbonyl (C=O) groups excluding carboxylic acids is 2. The normalized spacial score (nSPS) is 12.6. The minimum Gasteiger partial charge on any atom is -0.502 e. The van der Waals surface area contributed by atoms with Crippen LogP contribution in [-0.4, -0.2) is 46.2 Å². The summed E-state index contributed by atoms with van der Waals surface area (Å²) in [7, 11) is 2.40. The van der Waals surface area contributed by atoms with Crippen molar-refractivity contribution in [3.05, 3.63) is 126 Å². The van der Waals surface area contributed by atoms with E-state index < -0.39 is 50.1 Å². The quantitative estimate of drug-likeness (QED) is 0.167. The van der Waals surface area contributed by atoms with E-state index in [0.717, 1.165) is 24.3 Å². The van der Waals surface area contributed by atoms with Crippen LogP contribution in [0.15, 0.2) is 72.8 Å². The molecule has 0 aromatic heterocycles. The Morgan fingerprint density at radius 3 is 1.39 bits per heavy atom. The topological polar surface area (TPSA) is 179 Å². The second kappa shape index (κ2) is 9.75. The van der Waals surface area contributed by atoms with Crippen LogP contribution >= 0.6 is 0 Å². The highest BCUT2D eigenvalue weighted by molar-refractivity contribution is 5.96. The lowest BCUT2D eigenvalue weighted by Crippen LogP contribution is -2.29. The van der Waals surface area contributed by atoms with Crippen molar-refractivity contribution >= 4 is 23.3 Å². The summed E-state index contributed by atoms with van der Waals surface area (Å²) in [6.45, 7) is 0. The van der Waals surface area contributed by atoms with Gasteiger partial charge in [0.15, 0.2) is 11.5 Å². The number of aromatic hydroxyl groups is 2. The van der Waals surface area contributed by atoms with Crippen molar-refractivity contribution < 1.29 is 39.1 Å². The molecule has 41 heavy (non-hydrogen) atoms. The number of benzene rings is 4. The molecule has 206 valence electrons. The molecular weight excluding hydrogens is 536 g/mol. The zero-order valence-electron chi connectivity index (χ0n) is 21.5. The Balaban J connectivity index is 2.02.